The summed E-state index contributed by atoms with van der Waals surface area (Å²) in [5, 5.41) is 3.30. The van der Waals surface area contributed by atoms with Crippen LogP contribution in [-0.4, -0.2) is 67.6 Å². The number of rotatable bonds is 7. The van der Waals surface area contributed by atoms with Gasteiger partial charge in [0.25, 0.3) is 0 Å². The van der Waals surface area contributed by atoms with E-state index in [1.165, 1.54) is 0 Å². The number of hydrogen-bond acceptors (Lipinski definition) is 4. The fourth-order valence-corrected chi connectivity index (χ4v) is 2.66. The summed E-state index contributed by atoms with van der Waals surface area (Å²) in [6.07, 6.45) is 3.33. The third kappa shape index (κ3) is 4.75. The number of piperidine rings is 1. The Morgan fingerprint density at radius 2 is 2.00 bits per heavy atom. The second-order valence-corrected chi connectivity index (χ2v) is 6.09. The highest BCUT2D eigenvalue weighted by atomic mass is 16.1. The number of nitrogens with zero attached hydrogens (tertiary/aromatic N) is 2. The van der Waals surface area contributed by atoms with Crippen LogP contribution in [0, 0.1) is 0 Å². The van der Waals surface area contributed by atoms with Crippen molar-refractivity contribution >= 4 is 5.91 Å². The molecule has 3 N–H and O–H groups in total. The van der Waals surface area contributed by atoms with Crippen molar-refractivity contribution in [1.82, 2.24) is 15.1 Å². The molecule has 1 aliphatic heterocycles. The quantitative estimate of drug-likeness (QED) is 0.696. The first-order chi connectivity index (χ1) is 8.89. The van der Waals surface area contributed by atoms with Gasteiger partial charge in [-0.2, -0.15) is 0 Å². The monoisotopic (exact) mass is 270 g/mol. The Morgan fingerprint density at radius 1 is 1.42 bits per heavy atom. The summed E-state index contributed by atoms with van der Waals surface area (Å²) in [5.74, 6) is -0.254. The van der Waals surface area contributed by atoms with Crippen LogP contribution in [0.3, 0.4) is 0 Å². The van der Waals surface area contributed by atoms with Gasteiger partial charge in [0.15, 0.2) is 0 Å². The summed E-state index contributed by atoms with van der Waals surface area (Å²) in [4.78, 5) is 16.3. The third-order valence-electron chi connectivity index (χ3n) is 4.14. The standard InChI is InChI=1S/C14H30N4O/c1-5-8-16-14(2,13(15)19)11-18-9-6-12(7-10-18)17(3)4/h12,16H,5-11H2,1-4H3,(H2,15,19). The van der Waals surface area contributed by atoms with Gasteiger partial charge >= 0.3 is 0 Å². The summed E-state index contributed by atoms with van der Waals surface area (Å²) < 4.78 is 0. The SMILES string of the molecule is CCCNC(C)(CN1CCC(N(C)C)CC1)C(N)=O. The Morgan fingerprint density at radius 3 is 2.42 bits per heavy atom. The lowest BCUT2D eigenvalue weighted by molar-refractivity contribution is -0.124. The molecule has 5 heteroatoms. The van der Waals surface area contributed by atoms with Crippen molar-refractivity contribution < 1.29 is 4.79 Å². The largest absolute Gasteiger partial charge is 0.368 e. The van der Waals surface area contributed by atoms with Crippen LogP contribution in [0.5, 0.6) is 0 Å². The third-order valence-corrected chi connectivity index (χ3v) is 4.14. The predicted octanol–water partition coefficient (Wildman–Crippen LogP) is 0.256. The maximum atomic E-state index is 11.7. The zero-order valence-corrected chi connectivity index (χ0v) is 12.9. The molecule has 1 rings (SSSR count). The molecule has 0 saturated carbocycles. The first-order valence-corrected chi connectivity index (χ1v) is 7.32. The molecular weight excluding hydrogens is 240 g/mol. The summed E-state index contributed by atoms with van der Waals surface area (Å²) in [6, 6.07) is 0.666. The molecule has 1 amide bonds. The molecule has 0 aromatic carbocycles. The first-order valence-electron chi connectivity index (χ1n) is 7.32. The zero-order valence-electron chi connectivity index (χ0n) is 12.9. The molecule has 0 aromatic heterocycles. The number of primary amides is 1. The molecule has 19 heavy (non-hydrogen) atoms. The van der Waals surface area contributed by atoms with Gasteiger partial charge in [0.05, 0.1) is 0 Å². The van der Waals surface area contributed by atoms with Crippen molar-refractivity contribution in [3.63, 3.8) is 0 Å². The van der Waals surface area contributed by atoms with Crippen molar-refractivity contribution in [2.75, 3.05) is 40.3 Å². The average Bonchev–Trinajstić information content (AvgIpc) is 2.36. The number of carbonyl (C=O) groups excluding carboxylic acids is 1. The molecular formula is C14H30N4O. The number of hydrogen-bond donors (Lipinski definition) is 2. The molecule has 1 aliphatic rings. The number of nitrogens with two attached hydrogens (primary N) is 1. The molecule has 0 aromatic rings. The Hall–Kier alpha value is -0.650. The molecule has 1 fully saturated rings. The van der Waals surface area contributed by atoms with Crippen LogP contribution >= 0.6 is 0 Å². The van der Waals surface area contributed by atoms with E-state index in [9.17, 15) is 4.79 Å². The van der Waals surface area contributed by atoms with Gasteiger partial charge in [-0.25, -0.2) is 0 Å². The Bertz CT molecular complexity index is 287. The number of likely N-dealkylation sites (tertiary alicyclic amines) is 1. The van der Waals surface area contributed by atoms with Gasteiger partial charge in [-0.05, 0) is 59.9 Å². The predicted molar refractivity (Wildman–Crippen MR) is 79.0 cm³/mol. The number of amides is 1. The maximum absolute atomic E-state index is 11.7. The number of carbonyl (C=O) groups is 1. The highest BCUT2D eigenvalue weighted by Gasteiger charge is 2.33. The molecule has 0 bridgehead atoms. The molecule has 5 nitrogen and oxygen atoms in total. The van der Waals surface area contributed by atoms with Crippen LogP contribution in [0.4, 0.5) is 0 Å². The van der Waals surface area contributed by atoms with Crippen molar-refractivity contribution in [2.45, 2.75) is 44.7 Å². The summed E-state index contributed by atoms with van der Waals surface area (Å²) >= 11 is 0. The maximum Gasteiger partial charge on any atom is 0.238 e. The minimum atomic E-state index is -0.610. The van der Waals surface area contributed by atoms with E-state index in [0.717, 1.165) is 38.9 Å². The van der Waals surface area contributed by atoms with Crippen molar-refractivity contribution in [3.8, 4) is 0 Å². The normalized spacial score (nSPS) is 21.5. The lowest BCUT2D eigenvalue weighted by atomic mass is 9.97. The van der Waals surface area contributed by atoms with Crippen molar-refractivity contribution in [3.05, 3.63) is 0 Å². The molecule has 1 atom stereocenters. The van der Waals surface area contributed by atoms with Crippen LogP contribution in [0.2, 0.25) is 0 Å². The van der Waals surface area contributed by atoms with Gasteiger partial charge in [0, 0.05) is 12.6 Å². The van der Waals surface area contributed by atoms with Gasteiger partial charge in [-0.1, -0.05) is 6.92 Å². The Kier molecular flexibility index (Phi) is 6.23. The van der Waals surface area contributed by atoms with E-state index >= 15 is 0 Å². The minimum Gasteiger partial charge on any atom is -0.368 e. The van der Waals surface area contributed by atoms with E-state index in [-0.39, 0.29) is 5.91 Å². The van der Waals surface area contributed by atoms with Gasteiger partial charge in [-0.15, -0.1) is 0 Å². The number of nitrogens with one attached hydrogen (secondary N) is 1. The summed E-state index contributed by atoms with van der Waals surface area (Å²) in [7, 11) is 4.27. The Labute approximate surface area is 117 Å². The van der Waals surface area contributed by atoms with E-state index in [2.05, 4.69) is 36.1 Å². The van der Waals surface area contributed by atoms with E-state index in [1.54, 1.807) is 0 Å². The molecule has 1 heterocycles. The smallest absolute Gasteiger partial charge is 0.238 e. The van der Waals surface area contributed by atoms with Gasteiger partial charge in [-0.3, -0.25) is 4.79 Å². The second-order valence-electron chi connectivity index (χ2n) is 6.09. The highest BCUT2D eigenvalue weighted by Crippen LogP contribution is 2.16. The fraction of sp³-hybridized carbons (Fsp3) is 0.929. The van der Waals surface area contributed by atoms with E-state index in [4.69, 9.17) is 5.73 Å². The van der Waals surface area contributed by atoms with Gasteiger partial charge < -0.3 is 20.9 Å². The molecule has 0 aliphatic carbocycles. The molecule has 112 valence electrons. The van der Waals surface area contributed by atoms with E-state index in [0.29, 0.717) is 12.6 Å². The van der Waals surface area contributed by atoms with E-state index in [1.807, 2.05) is 6.92 Å². The minimum absolute atomic E-state index is 0.254. The van der Waals surface area contributed by atoms with Crippen LogP contribution < -0.4 is 11.1 Å². The Balaban J connectivity index is 2.50. The first kappa shape index (κ1) is 16.4. The van der Waals surface area contributed by atoms with Crippen LogP contribution in [-0.2, 0) is 4.79 Å². The van der Waals surface area contributed by atoms with Crippen LogP contribution in [0.25, 0.3) is 0 Å². The molecule has 0 radical (unpaired) electrons. The van der Waals surface area contributed by atoms with Gasteiger partial charge in [0.1, 0.15) is 5.54 Å². The summed E-state index contributed by atoms with van der Waals surface area (Å²) in [6.45, 7) is 7.63. The fourth-order valence-electron chi connectivity index (χ4n) is 2.66. The molecule has 1 unspecified atom stereocenters. The lowest BCUT2D eigenvalue weighted by Gasteiger charge is -2.39. The van der Waals surface area contributed by atoms with Crippen molar-refractivity contribution in [1.29, 1.82) is 0 Å². The van der Waals surface area contributed by atoms with Crippen LogP contribution in [0.15, 0.2) is 0 Å². The highest BCUT2D eigenvalue weighted by molar-refractivity contribution is 5.84. The topological polar surface area (TPSA) is 61.6 Å². The average molecular weight is 270 g/mol. The van der Waals surface area contributed by atoms with Crippen LogP contribution in [0.1, 0.15) is 33.1 Å². The second kappa shape index (κ2) is 7.22. The van der Waals surface area contributed by atoms with E-state index < -0.39 is 5.54 Å². The summed E-state index contributed by atoms with van der Waals surface area (Å²) in [5.41, 5.74) is 4.96. The lowest BCUT2D eigenvalue weighted by Crippen LogP contribution is -2.60. The van der Waals surface area contributed by atoms with Gasteiger partial charge in [0.2, 0.25) is 5.91 Å². The van der Waals surface area contributed by atoms with Crippen molar-refractivity contribution in [2.24, 2.45) is 5.73 Å². The molecule has 1 saturated heterocycles. The zero-order chi connectivity index (χ0) is 14.5. The molecule has 0 spiro atoms.